The Morgan fingerprint density at radius 3 is 2.70 bits per heavy atom. The van der Waals surface area contributed by atoms with Crippen LogP contribution in [0.25, 0.3) is 17.0 Å². The van der Waals surface area contributed by atoms with E-state index in [0.29, 0.717) is 21.4 Å². The summed E-state index contributed by atoms with van der Waals surface area (Å²) in [5.41, 5.74) is 0.591. The molecule has 1 unspecified atom stereocenters. The highest BCUT2D eigenvalue weighted by molar-refractivity contribution is 8.20. The summed E-state index contributed by atoms with van der Waals surface area (Å²) < 4.78 is 41.9. The first-order valence-corrected chi connectivity index (χ1v) is 12.2. The SMILES string of the molecule is CC(CC(=N)C1=NC(=O)C(=Cc2ccc3c(cnn3Cc3ccc(Cl)cc3C(F)(F)F)c2)S1)CC(=O)O. The number of aromatic nitrogens is 2. The van der Waals surface area contributed by atoms with Crippen LogP contribution < -0.4 is 0 Å². The number of hydrogen-bond donors (Lipinski definition) is 2. The van der Waals surface area contributed by atoms with Crippen LogP contribution in [-0.2, 0) is 22.3 Å². The number of rotatable bonds is 8. The van der Waals surface area contributed by atoms with Crippen molar-refractivity contribution in [1.82, 2.24) is 9.78 Å². The average molecular weight is 549 g/mol. The summed E-state index contributed by atoms with van der Waals surface area (Å²) in [7, 11) is 0. The molecular weight excluding hydrogens is 529 g/mol. The van der Waals surface area contributed by atoms with Crippen molar-refractivity contribution in [3.8, 4) is 0 Å². The molecule has 7 nitrogen and oxygen atoms in total. The van der Waals surface area contributed by atoms with Crippen LogP contribution in [0.5, 0.6) is 0 Å². The molecule has 0 fully saturated rings. The molecule has 0 spiro atoms. The lowest BCUT2D eigenvalue weighted by Gasteiger charge is -2.14. The van der Waals surface area contributed by atoms with Gasteiger partial charge in [-0.15, -0.1) is 0 Å². The molecule has 0 saturated carbocycles. The summed E-state index contributed by atoms with van der Waals surface area (Å²) in [6.07, 6.45) is -1.30. The number of alkyl halides is 3. The van der Waals surface area contributed by atoms with Crippen molar-refractivity contribution in [2.75, 3.05) is 0 Å². The second kappa shape index (κ2) is 10.5. The molecular formula is C25H20ClF3N4O3S. The molecule has 2 N–H and O–H groups in total. The van der Waals surface area contributed by atoms with Crippen molar-refractivity contribution in [2.24, 2.45) is 10.9 Å². The second-order valence-corrected chi connectivity index (χ2v) is 10.1. The number of carboxylic acid groups (broad SMARTS) is 1. The van der Waals surface area contributed by atoms with Gasteiger partial charge in [0.2, 0.25) is 0 Å². The van der Waals surface area contributed by atoms with E-state index in [4.69, 9.17) is 22.1 Å². The summed E-state index contributed by atoms with van der Waals surface area (Å²) in [6, 6.07) is 8.81. The largest absolute Gasteiger partial charge is 0.481 e. The summed E-state index contributed by atoms with van der Waals surface area (Å²) in [6.45, 7) is 1.61. The minimum absolute atomic E-state index is 0.00421. The lowest BCUT2D eigenvalue weighted by molar-refractivity contribution is -0.139. The second-order valence-electron chi connectivity index (χ2n) is 8.64. The van der Waals surface area contributed by atoms with E-state index < -0.39 is 23.6 Å². The fourth-order valence-corrected chi connectivity index (χ4v) is 4.97. The first kappa shape index (κ1) is 26.6. The normalized spacial score (nSPS) is 15.9. The Bertz CT molecular complexity index is 1480. The molecule has 1 aliphatic rings. The zero-order valence-corrected chi connectivity index (χ0v) is 20.9. The number of aliphatic carboxylic acids is 1. The molecule has 1 amide bonds. The van der Waals surface area contributed by atoms with Gasteiger partial charge in [-0.1, -0.05) is 42.4 Å². The highest BCUT2D eigenvalue weighted by Gasteiger charge is 2.33. The van der Waals surface area contributed by atoms with Crippen LogP contribution in [-0.4, -0.2) is 37.5 Å². The van der Waals surface area contributed by atoms with Crippen molar-refractivity contribution in [3.05, 3.63) is 69.2 Å². The van der Waals surface area contributed by atoms with Crippen LogP contribution in [0.3, 0.4) is 0 Å². The van der Waals surface area contributed by atoms with E-state index in [0.717, 1.165) is 17.8 Å². The topological polar surface area (TPSA) is 108 Å². The predicted octanol–water partition coefficient (Wildman–Crippen LogP) is 6.29. The Balaban J connectivity index is 1.51. The zero-order chi connectivity index (χ0) is 26.9. The van der Waals surface area contributed by atoms with Crippen molar-refractivity contribution in [2.45, 2.75) is 32.5 Å². The van der Waals surface area contributed by atoms with Gasteiger partial charge in [0.15, 0.2) is 0 Å². The number of halogens is 4. The maximum atomic E-state index is 13.5. The molecule has 0 bridgehead atoms. The highest BCUT2D eigenvalue weighted by atomic mass is 35.5. The number of benzene rings is 2. The van der Waals surface area contributed by atoms with Crippen LogP contribution in [0.4, 0.5) is 13.2 Å². The average Bonchev–Trinajstić information content (AvgIpc) is 3.36. The molecule has 2 heterocycles. The molecule has 1 aliphatic heterocycles. The summed E-state index contributed by atoms with van der Waals surface area (Å²) in [4.78, 5) is 27.5. The number of fused-ring (bicyclic) bond motifs is 1. The van der Waals surface area contributed by atoms with Gasteiger partial charge in [0, 0.05) is 16.8 Å². The Kier molecular flexibility index (Phi) is 7.56. The number of aliphatic imine (C=N–C) groups is 1. The maximum absolute atomic E-state index is 13.5. The van der Waals surface area contributed by atoms with Crippen LogP contribution in [0.15, 0.2) is 52.5 Å². The minimum atomic E-state index is -4.56. The molecule has 12 heteroatoms. The van der Waals surface area contributed by atoms with E-state index in [2.05, 4.69) is 10.1 Å². The van der Waals surface area contributed by atoms with Crippen LogP contribution in [0.1, 0.15) is 36.5 Å². The maximum Gasteiger partial charge on any atom is 0.416 e. The van der Waals surface area contributed by atoms with Crippen LogP contribution in [0, 0.1) is 11.3 Å². The van der Waals surface area contributed by atoms with Gasteiger partial charge in [-0.05, 0) is 53.8 Å². The lowest BCUT2D eigenvalue weighted by atomic mass is 10.0. The Morgan fingerprint density at radius 1 is 1.24 bits per heavy atom. The van der Waals surface area contributed by atoms with E-state index in [-0.39, 0.29) is 46.6 Å². The van der Waals surface area contributed by atoms with E-state index in [1.54, 1.807) is 31.2 Å². The fourth-order valence-electron chi connectivity index (χ4n) is 3.93. The molecule has 37 heavy (non-hydrogen) atoms. The Hall–Kier alpha value is -3.44. The van der Waals surface area contributed by atoms with E-state index in [1.165, 1.54) is 23.0 Å². The number of thioether (sulfide) groups is 1. The smallest absolute Gasteiger partial charge is 0.416 e. The van der Waals surface area contributed by atoms with Crippen LogP contribution >= 0.6 is 23.4 Å². The molecule has 0 aliphatic carbocycles. The number of carbonyl (C=O) groups is 2. The lowest BCUT2D eigenvalue weighted by Crippen LogP contribution is -2.14. The Labute approximate surface area is 218 Å². The van der Waals surface area contributed by atoms with Gasteiger partial charge in [0.1, 0.15) is 5.04 Å². The quantitative estimate of drug-likeness (QED) is 0.254. The van der Waals surface area contributed by atoms with E-state index >= 15 is 0 Å². The first-order chi connectivity index (χ1) is 17.4. The van der Waals surface area contributed by atoms with Gasteiger partial charge >= 0.3 is 12.1 Å². The molecule has 1 atom stereocenters. The van der Waals surface area contributed by atoms with Crippen molar-refractivity contribution in [3.63, 3.8) is 0 Å². The van der Waals surface area contributed by atoms with Gasteiger partial charge in [-0.25, -0.2) is 0 Å². The van der Waals surface area contributed by atoms with E-state index in [1.807, 2.05) is 0 Å². The number of amides is 1. The number of nitrogens with zero attached hydrogens (tertiary/aromatic N) is 3. The van der Waals surface area contributed by atoms with Gasteiger partial charge in [0.25, 0.3) is 5.91 Å². The van der Waals surface area contributed by atoms with Crippen molar-refractivity contribution < 1.29 is 27.9 Å². The van der Waals surface area contributed by atoms with Crippen LogP contribution in [0.2, 0.25) is 5.02 Å². The number of carboxylic acids is 1. The van der Waals surface area contributed by atoms with Gasteiger partial charge in [0.05, 0.1) is 34.4 Å². The number of nitrogens with one attached hydrogen (secondary N) is 1. The van der Waals surface area contributed by atoms with Gasteiger partial charge in [-0.2, -0.15) is 23.3 Å². The third-order valence-electron chi connectivity index (χ3n) is 5.62. The number of hydrogen-bond acceptors (Lipinski definition) is 5. The molecule has 3 aromatic rings. The highest BCUT2D eigenvalue weighted by Crippen LogP contribution is 2.35. The zero-order valence-electron chi connectivity index (χ0n) is 19.3. The van der Waals surface area contributed by atoms with Crippen molar-refractivity contribution in [1.29, 1.82) is 5.41 Å². The molecule has 0 radical (unpaired) electrons. The van der Waals surface area contributed by atoms with Gasteiger partial charge in [-0.3, -0.25) is 14.3 Å². The monoisotopic (exact) mass is 548 g/mol. The minimum Gasteiger partial charge on any atom is -0.481 e. The standard InChI is InChI=1S/C25H20ClF3N4O3S/c1-13(7-22(34)35)6-19(30)24-32-23(36)21(37-24)9-14-2-5-20-16(8-14)11-31-33(20)12-15-3-4-17(26)10-18(15)25(27,28)29/h2-5,8-11,13,30H,6-7,12H2,1H3,(H,34,35). The van der Waals surface area contributed by atoms with E-state index in [9.17, 15) is 22.8 Å². The molecule has 192 valence electrons. The van der Waals surface area contributed by atoms with Gasteiger partial charge < -0.3 is 10.5 Å². The molecule has 1 aromatic heterocycles. The summed E-state index contributed by atoms with van der Waals surface area (Å²) >= 11 is 6.82. The third kappa shape index (κ3) is 6.28. The molecule has 0 saturated heterocycles. The summed E-state index contributed by atoms with van der Waals surface area (Å²) in [5, 5.41) is 22.2. The van der Waals surface area contributed by atoms with Crippen molar-refractivity contribution >= 4 is 63.0 Å². The predicted molar refractivity (Wildman–Crippen MR) is 137 cm³/mol. The summed E-state index contributed by atoms with van der Waals surface area (Å²) in [5.74, 6) is -1.71. The fraction of sp³-hybridized carbons (Fsp3) is 0.240. The number of carbonyl (C=O) groups excluding carboxylic acids is 1. The first-order valence-electron chi connectivity index (χ1n) is 11.0. The third-order valence-corrected chi connectivity index (χ3v) is 6.89. The molecule has 4 rings (SSSR count). The Morgan fingerprint density at radius 2 is 2.00 bits per heavy atom. The molecule has 2 aromatic carbocycles.